The summed E-state index contributed by atoms with van der Waals surface area (Å²) in [4.78, 5) is 16.1. The van der Waals surface area contributed by atoms with Crippen molar-refractivity contribution < 1.29 is 9.21 Å². The molecule has 0 bridgehead atoms. The zero-order valence-corrected chi connectivity index (χ0v) is 12.0. The van der Waals surface area contributed by atoms with Crippen LogP contribution < -0.4 is 5.32 Å². The normalized spacial score (nSPS) is 19.8. The third kappa shape index (κ3) is 3.81. The fraction of sp³-hybridized carbons (Fsp3) is 0.643. The van der Waals surface area contributed by atoms with E-state index in [9.17, 15) is 4.79 Å². The molecule has 0 aliphatic carbocycles. The number of nitrogens with one attached hydrogen (secondary N) is 1. The fourth-order valence-electron chi connectivity index (χ4n) is 2.42. The number of hydrogen-bond acceptors (Lipinski definition) is 4. The summed E-state index contributed by atoms with van der Waals surface area (Å²) in [6, 6.07) is 4.36. The molecule has 1 fully saturated rings. The van der Waals surface area contributed by atoms with Gasteiger partial charge in [-0.3, -0.25) is 9.69 Å². The van der Waals surface area contributed by atoms with E-state index in [1.54, 1.807) is 4.90 Å². The van der Waals surface area contributed by atoms with E-state index in [0.29, 0.717) is 19.1 Å². The van der Waals surface area contributed by atoms with Crippen molar-refractivity contribution in [3.63, 3.8) is 0 Å². The zero-order valence-electron chi connectivity index (χ0n) is 12.0. The molecule has 1 aliphatic rings. The van der Waals surface area contributed by atoms with Crippen LogP contribution in [0.25, 0.3) is 0 Å². The van der Waals surface area contributed by atoms with Crippen molar-refractivity contribution >= 4 is 5.91 Å². The van der Waals surface area contributed by atoms with Crippen LogP contribution in [0.2, 0.25) is 0 Å². The molecule has 0 saturated carbocycles. The Morgan fingerprint density at radius 3 is 2.95 bits per heavy atom. The van der Waals surface area contributed by atoms with Gasteiger partial charge in [-0.1, -0.05) is 0 Å². The Kier molecular flexibility index (Phi) is 4.61. The molecule has 0 aromatic carbocycles. The average molecular weight is 265 g/mol. The van der Waals surface area contributed by atoms with E-state index in [1.165, 1.54) is 0 Å². The van der Waals surface area contributed by atoms with E-state index in [4.69, 9.17) is 4.42 Å². The van der Waals surface area contributed by atoms with Gasteiger partial charge in [-0.15, -0.1) is 0 Å². The summed E-state index contributed by atoms with van der Waals surface area (Å²) in [6.07, 6.45) is 1.12. The Hall–Kier alpha value is -1.33. The minimum absolute atomic E-state index is 0.144. The number of furan rings is 1. The first-order chi connectivity index (χ1) is 9.08. The van der Waals surface area contributed by atoms with Gasteiger partial charge in [-0.2, -0.15) is 0 Å². The van der Waals surface area contributed by atoms with Crippen molar-refractivity contribution in [2.75, 3.05) is 33.7 Å². The van der Waals surface area contributed by atoms with Gasteiger partial charge in [0.05, 0.1) is 13.1 Å². The van der Waals surface area contributed by atoms with Crippen LogP contribution in [0.15, 0.2) is 16.5 Å². The Morgan fingerprint density at radius 2 is 2.37 bits per heavy atom. The maximum Gasteiger partial charge on any atom is 0.236 e. The maximum absolute atomic E-state index is 12.1. The van der Waals surface area contributed by atoms with Crippen LogP contribution in [0.3, 0.4) is 0 Å². The molecule has 1 aliphatic heterocycles. The molecule has 1 aromatic heterocycles. The highest BCUT2D eigenvalue weighted by atomic mass is 16.3. The van der Waals surface area contributed by atoms with E-state index >= 15 is 0 Å². The van der Waals surface area contributed by atoms with E-state index in [0.717, 1.165) is 31.0 Å². The van der Waals surface area contributed by atoms with Gasteiger partial charge < -0.3 is 14.6 Å². The summed E-state index contributed by atoms with van der Waals surface area (Å²) in [5.74, 6) is 1.86. The summed E-state index contributed by atoms with van der Waals surface area (Å²) in [6.45, 7) is 4.89. The van der Waals surface area contributed by atoms with Crippen LogP contribution in [-0.4, -0.2) is 55.5 Å². The number of nitrogens with zero attached hydrogens (tertiary/aromatic N) is 2. The van der Waals surface area contributed by atoms with Crippen LogP contribution in [0.5, 0.6) is 0 Å². The molecule has 5 nitrogen and oxygen atoms in total. The van der Waals surface area contributed by atoms with E-state index in [2.05, 4.69) is 10.2 Å². The van der Waals surface area contributed by atoms with Gasteiger partial charge in [0.2, 0.25) is 5.91 Å². The highest BCUT2D eigenvalue weighted by molar-refractivity contribution is 5.78. The molecular formula is C14H23N3O2. The Morgan fingerprint density at radius 1 is 1.58 bits per heavy atom. The van der Waals surface area contributed by atoms with Gasteiger partial charge in [-0.05, 0) is 32.5 Å². The van der Waals surface area contributed by atoms with Crippen molar-refractivity contribution in [3.8, 4) is 0 Å². The lowest BCUT2D eigenvalue weighted by atomic mass is 10.3. The van der Waals surface area contributed by atoms with Crippen molar-refractivity contribution in [2.24, 2.45) is 0 Å². The lowest BCUT2D eigenvalue weighted by Gasteiger charge is -2.20. The van der Waals surface area contributed by atoms with Crippen LogP contribution >= 0.6 is 0 Å². The summed E-state index contributed by atoms with van der Waals surface area (Å²) < 4.78 is 5.49. The predicted molar refractivity (Wildman–Crippen MR) is 73.8 cm³/mol. The molecule has 5 heteroatoms. The lowest BCUT2D eigenvalue weighted by Crippen LogP contribution is -2.38. The molecule has 1 saturated heterocycles. The second-order valence-electron chi connectivity index (χ2n) is 5.27. The number of likely N-dealkylation sites (tertiary alicyclic amines) is 1. The van der Waals surface area contributed by atoms with E-state index in [1.807, 2.05) is 33.2 Å². The summed E-state index contributed by atoms with van der Waals surface area (Å²) in [7, 11) is 3.80. The summed E-state index contributed by atoms with van der Waals surface area (Å²) in [5, 5.41) is 3.26. The topological polar surface area (TPSA) is 48.7 Å². The number of amides is 1. The van der Waals surface area contributed by atoms with Gasteiger partial charge in [-0.25, -0.2) is 0 Å². The van der Waals surface area contributed by atoms with Crippen LogP contribution in [0, 0.1) is 6.92 Å². The number of hydrogen-bond donors (Lipinski definition) is 1. The SMILES string of the molecule is CNC1CCN(CC(=O)N(C)Cc2ccc(C)o2)C1. The fourth-order valence-corrected chi connectivity index (χ4v) is 2.42. The van der Waals surface area contributed by atoms with Gasteiger partial charge in [0.25, 0.3) is 0 Å². The molecule has 0 radical (unpaired) electrons. The summed E-state index contributed by atoms with van der Waals surface area (Å²) >= 11 is 0. The van der Waals surface area contributed by atoms with Gasteiger partial charge in [0, 0.05) is 26.2 Å². The molecule has 106 valence electrons. The van der Waals surface area contributed by atoms with Crippen molar-refractivity contribution in [3.05, 3.63) is 23.7 Å². The molecule has 1 atom stereocenters. The van der Waals surface area contributed by atoms with Crippen LogP contribution in [0.1, 0.15) is 17.9 Å². The Bertz CT molecular complexity index is 430. The van der Waals surface area contributed by atoms with Crippen LogP contribution in [-0.2, 0) is 11.3 Å². The largest absolute Gasteiger partial charge is 0.464 e. The first-order valence-corrected chi connectivity index (χ1v) is 6.77. The second kappa shape index (κ2) is 6.21. The summed E-state index contributed by atoms with van der Waals surface area (Å²) in [5.41, 5.74) is 0. The van der Waals surface area contributed by atoms with Crippen molar-refractivity contribution in [1.29, 1.82) is 0 Å². The number of rotatable bonds is 5. The first-order valence-electron chi connectivity index (χ1n) is 6.77. The van der Waals surface area contributed by atoms with Crippen LogP contribution in [0.4, 0.5) is 0 Å². The standard InChI is InChI=1S/C14H23N3O2/c1-11-4-5-13(19-11)9-16(3)14(18)10-17-7-6-12(8-17)15-2/h4-5,12,15H,6-10H2,1-3H3. The van der Waals surface area contributed by atoms with Gasteiger partial charge in [0.1, 0.15) is 11.5 Å². The number of aryl methyl sites for hydroxylation is 1. The Labute approximate surface area is 114 Å². The smallest absolute Gasteiger partial charge is 0.236 e. The highest BCUT2D eigenvalue weighted by Crippen LogP contribution is 2.11. The third-order valence-electron chi connectivity index (χ3n) is 3.65. The first kappa shape index (κ1) is 14.1. The van der Waals surface area contributed by atoms with Gasteiger partial charge in [0.15, 0.2) is 0 Å². The van der Waals surface area contributed by atoms with Gasteiger partial charge >= 0.3 is 0 Å². The van der Waals surface area contributed by atoms with Crippen molar-refractivity contribution in [1.82, 2.24) is 15.1 Å². The second-order valence-corrected chi connectivity index (χ2v) is 5.27. The third-order valence-corrected chi connectivity index (χ3v) is 3.65. The minimum atomic E-state index is 0.144. The highest BCUT2D eigenvalue weighted by Gasteiger charge is 2.23. The maximum atomic E-state index is 12.1. The molecule has 1 aromatic rings. The molecule has 2 heterocycles. The predicted octanol–water partition coefficient (Wildman–Crippen LogP) is 0.840. The number of likely N-dealkylation sites (N-methyl/N-ethyl adjacent to an activating group) is 2. The molecule has 19 heavy (non-hydrogen) atoms. The van der Waals surface area contributed by atoms with E-state index < -0.39 is 0 Å². The van der Waals surface area contributed by atoms with Crippen molar-refractivity contribution in [2.45, 2.75) is 25.9 Å². The quantitative estimate of drug-likeness (QED) is 0.857. The molecule has 1 amide bonds. The lowest BCUT2D eigenvalue weighted by molar-refractivity contribution is -0.131. The molecule has 0 spiro atoms. The van der Waals surface area contributed by atoms with E-state index in [-0.39, 0.29) is 5.91 Å². The minimum Gasteiger partial charge on any atom is -0.464 e. The molecule has 1 unspecified atom stereocenters. The zero-order chi connectivity index (χ0) is 13.8. The molecule has 2 rings (SSSR count). The Balaban J connectivity index is 1.79. The molecule has 1 N–H and O–H groups in total. The number of carbonyl (C=O) groups excluding carboxylic acids is 1. The number of carbonyl (C=O) groups is 1. The monoisotopic (exact) mass is 265 g/mol. The average Bonchev–Trinajstić information content (AvgIpc) is 2.98. The molecular weight excluding hydrogens is 242 g/mol.